The quantitative estimate of drug-likeness (QED) is 0.312. The highest BCUT2D eigenvalue weighted by Gasteiger charge is 2.21. The summed E-state index contributed by atoms with van der Waals surface area (Å²) >= 11 is 6.04. The summed E-state index contributed by atoms with van der Waals surface area (Å²) in [5.74, 6) is -0.0612. The summed E-state index contributed by atoms with van der Waals surface area (Å²) < 4.78 is 5.66. The van der Waals surface area contributed by atoms with Crippen LogP contribution in [0.3, 0.4) is 0 Å². The van der Waals surface area contributed by atoms with Gasteiger partial charge < -0.3 is 4.74 Å². The van der Waals surface area contributed by atoms with Crippen LogP contribution in [-0.2, 0) is 16.1 Å². The van der Waals surface area contributed by atoms with Crippen LogP contribution in [0, 0.1) is 0 Å². The topological polar surface area (TPSA) is 61.8 Å². The maximum absolute atomic E-state index is 11.8. The molecular weight excluding hydrogens is 308 g/mol. The minimum atomic E-state index is -0.605. The van der Waals surface area contributed by atoms with Crippen molar-refractivity contribution in [3.05, 3.63) is 23.3 Å². The number of benzene rings is 1. The van der Waals surface area contributed by atoms with E-state index in [1.54, 1.807) is 12.1 Å². The van der Waals surface area contributed by atoms with Gasteiger partial charge >= 0.3 is 5.97 Å². The van der Waals surface area contributed by atoms with Crippen molar-refractivity contribution in [1.29, 1.82) is 0 Å². The van der Waals surface area contributed by atoms with E-state index in [1.807, 2.05) is 13.8 Å². The third-order valence-electron chi connectivity index (χ3n) is 2.91. The fourth-order valence-electron chi connectivity index (χ4n) is 1.90. The van der Waals surface area contributed by atoms with Crippen LogP contribution in [0.1, 0.15) is 56.5 Å². The van der Waals surface area contributed by atoms with Crippen LogP contribution < -0.4 is 9.62 Å². The van der Waals surface area contributed by atoms with Crippen molar-refractivity contribution in [2.24, 2.45) is 0 Å². The van der Waals surface area contributed by atoms with Crippen molar-refractivity contribution in [3.63, 3.8) is 0 Å². The summed E-state index contributed by atoms with van der Waals surface area (Å²) in [6.45, 7) is 6.52. The van der Waals surface area contributed by atoms with Gasteiger partial charge in [0, 0.05) is 12.5 Å². The van der Waals surface area contributed by atoms with Gasteiger partial charge in [0.2, 0.25) is 0 Å². The minimum Gasteiger partial charge on any atom is -0.474 e. The molecule has 0 saturated heterocycles. The molecule has 22 heavy (non-hydrogen) atoms. The number of ketones is 1. The maximum Gasteiger partial charge on any atom is 0.352 e. The first-order chi connectivity index (χ1) is 10.4. The van der Waals surface area contributed by atoms with Crippen molar-refractivity contribution < 1.29 is 24.1 Å². The molecule has 1 atom stereocenters. The summed E-state index contributed by atoms with van der Waals surface area (Å²) in [7, 11) is 0. The third-order valence-corrected chi connectivity index (χ3v) is 3.31. The summed E-state index contributed by atoms with van der Waals surface area (Å²) in [5.41, 5.74) is 0.510. The number of carbonyl (C=O) groups is 2. The maximum atomic E-state index is 11.8. The third kappa shape index (κ3) is 4.91. The van der Waals surface area contributed by atoms with E-state index in [0.29, 0.717) is 29.7 Å². The standard InChI is InChI=1S/C16H21ClO5/c1-5-7-13-14(20-15(17)6-2)9-8-12(10(3)18)16(13)22-21-11(4)19/h8-9,15H,5-7H2,1-4H3. The first-order valence-corrected chi connectivity index (χ1v) is 7.66. The second kappa shape index (κ2) is 8.63. The Morgan fingerprint density at radius 2 is 1.91 bits per heavy atom. The number of hydrogen-bond acceptors (Lipinski definition) is 5. The van der Waals surface area contributed by atoms with E-state index in [4.69, 9.17) is 21.2 Å². The van der Waals surface area contributed by atoms with Gasteiger partial charge in [0.1, 0.15) is 5.75 Å². The normalized spacial score (nSPS) is 11.7. The predicted octanol–water partition coefficient (Wildman–Crippen LogP) is 4.05. The molecule has 0 aliphatic heterocycles. The van der Waals surface area contributed by atoms with Gasteiger partial charge in [-0.25, -0.2) is 4.79 Å². The molecule has 1 aromatic carbocycles. The van der Waals surface area contributed by atoms with Crippen molar-refractivity contribution in [2.45, 2.75) is 52.5 Å². The van der Waals surface area contributed by atoms with E-state index in [1.165, 1.54) is 13.8 Å². The van der Waals surface area contributed by atoms with Gasteiger partial charge in [0.25, 0.3) is 0 Å². The van der Waals surface area contributed by atoms with Crippen LogP contribution >= 0.6 is 11.6 Å². The monoisotopic (exact) mass is 328 g/mol. The van der Waals surface area contributed by atoms with Crippen LogP contribution in [0.15, 0.2) is 12.1 Å². The van der Waals surface area contributed by atoms with Crippen LogP contribution in [0.5, 0.6) is 11.5 Å². The van der Waals surface area contributed by atoms with E-state index in [-0.39, 0.29) is 11.5 Å². The summed E-state index contributed by atoms with van der Waals surface area (Å²) in [5, 5.41) is 0. The van der Waals surface area contributed by atoms with E-state index in [9.17, 15) is 9.59 Å². The van der Waals surface area contributed by atoms with E-state index < -0.39 is 11.5 Å². The summed E-state index contributed by atoms with van der Waals surface area (Å²) in [6.07, 6.45) is 2.02. The Labute approximate surface area is 135 Å². The zero-order chi connectivity index (χ0) is 16.7. The molecule has 0 spiro atoms. The molecule has 0 heterocycles. The Morgan fingerprint density at radius 3 is 2.41 bits per heavy atom. The van der Waals surface area contributed by atoms with Gasteiger partial charge in [-0.1, -0.05) is 31.9 Å². The second-order valence-corrected chi connectivity index (χ2v) is 5.31. The molecule has 5 nitrogen and oxygen atoms in total. The van der Waals surface area contributed by atoms with Crippen molar-refractivity contribution in [1.82, 2.24) is 0 Å². The fourth-order valence-corrected chi connectivity index (χ4v) is 2.00. The van der Waals surface area contributed by atoms with Gasteiger partial charge in [-0.15, -0.1) is 0 Å². The molecule has 0 aliphatic carbocycles. The van der Waals surface area contributed by atoms with Crippen LogP contribution in [0.4, 0.5) is 0 Å². The molecule has 6 heteroatoms. The molecule has 0 aromatic heterocycles. The molecule has 0 bridgehead atoms. The molecule has 122 valence electrons. The molecule has 0 radical (unpaired) electrons. The second-order valence-electron chi connectivity index (χ2n) is 4.82. The lowest BCUT2D eigenvalue weighted by molar-refractivity contribution is -0.211. The largest absolute Gasteiger partial charge is 0.474 e. The van der Waals surface area contributed by atoms with Gasteiger partial charge in [-0.2, -0.15) is 0 Å². The lowest BCUT2D eigenvalue weighted by atomic mass is 10.0. The first-order valence-electron chi connectivity index (χ1n) is 7.23. The minimum absolute atomic E-state index is 0.191. The molecular formula is C16H21ClO5. The highest BCUT2D eigenvalue weighted by atomic mass is 35.5. The molecule has 1 unspecified atom stereocenters. The molecule has 0 aliphatic rings. The Hall–Kier alpha value is -1.75. The van der Waals surface area contributed by atoms with Crippen LogP contribution in [-0.4, -0.2) is 17.3 Å². The molecule has 1 rings (SSSR count). The highest BCUT2D eigenvalue weighted by molar-refractivity contribution is 6.19. The molecule has 1 aromatic rings. The van der Waals surface area contributed by atoms with Gasteiger partial charge in [-0.3, -0.25) is 14.6 Å². The number of alkyl halides is 1. The summed E-state index contributed by atoms with van der Waals surface area (Å²) in [6, 6.07) is 3.27. The van der Waals surface area contributed by atoms with E-state index in [0.717, 1.165) is 6.42 Å². The SMILES string of the molecule is CCCc1c(OC(Cl)CC)ccc(C(C)=O)c1OOC(C)=O. The Balaban J connectivity index is 3.32. The fraction of sp³-hybridized carbons (Fsp3) is 0.500. The Bertz CT molecular complexity index is 542. The average molecular weight is 329 g/mol. The van der Waals surface area contributed by atoms with E-state index in [2.05, 4.69) is 4.89 Å². The highest BCUT2D eigenvalue weighted by Crippen LogP contribution is 2.35. The van der Waals surface area contributed by atoms with Gasteiger partial charge in [-0.05, 0) is 31.9 Å². The number of halogens is 1. The van der Waals surface area contributed by atoms with E-state index >= 15 is 0 Å². The number of ether oxygens (including phenoxy) is 1. The molecule has 0 N–H and O–H groups in total. The van der Waals surface area contributed by atoms with Crippen molar-refractivity contribution in [3.8, 4) is 11.5 Å². The molecule has 0 saturated carbocycles. The Morgan fingerprint density at radius 1 is 1.23 bits per heavy atom. The predicted molar refractivity (Wildman–Crippen MR) is 83.4 cm³/mol. The van der Waals surface area contributed by atoms with Crippen molar-refractivity contribution >= 4 is 23.4 Å². The lowest BCUT2D eigenvalue weighted by Crippen LogP contribution is -2.12. The molecule has 0 amide bonds. The molecule has 0 fully saturated rings. The first kappa shape index (κ1) is 18.3. The van der Waals surface area contributed by atoms with Crippen LogP contribution in [0.2, 0.25) is 0 Å². The number of carbonyl (C=O) groups excluding carboxylic acids is 2. The zero-order valence-corrected chi connectivity index (χ0v) is 14.0. The number of hydrogen-bond donors (Lipinski definition) is 0. The average Bonchev–Trinajstić information content (AvgIpc) is 2.46. The van der Waals surface area contributed by atoms with Gasteiger partial charge in [0.05, 0.1) is 5.56 Å². The lowest BCUT2D eigenvalue weighted by Gasteiger charge is -2.18. The van der Waals surface area contributed by atoms with Gasteiger partial charge in [0.15, 0.2) is 17.1 Å². The smallest absolute Gasteiger partial charge is 0.352 e. The Kier molecular flexibility index (Phi) is 7.18. The summed E-state index contributed by atoms with van der Waals surface area (Å²) in [4.78, 5) is 32.5. The van der Waals surface area contributed by atoms with Crippen LogP contribution in [0.25, 0.3) is 0 Å². The zero-order valence-electron chi connectivity index (χ0n) is 13.3. The number of rotatable bonds is 8. The number of Topliss-reactive ketones (excluding diaryl/α,β-unsaturated/α-hetero) is 1. The van der Waals surface area contributed by atoms with Crippen molar-refractivity contribution in [2.75, 3.05) is 0 Å².